The Balaban J connectivity index is 1.53. The largest absolute Gasteiger partial charge is 0.296 e. The first-order valence-electron chi connectivity index (χ1n) is 9.20. The number of benzene rings is 1. The second-order valence-electron chi connectivity index (χ2n) is 6.84. The van der Waals surface area contributed by atoms with Gasteiger partial charge in [-0.05, 0) is 36.8 Å². The monoisotopic (exact) mass is 383 g/mol. The van der Waals surface area contributed by atoms with Crippen LogP contribution in [-0.2, 0) is 16.8 Å². The van der Waals surface area contributed by atoms with E-state index >= 15 is 0 Å². The SMILES string of the molecule is CSc1ccc(CN2CCN(S(=O)(=O)N3CCCCCC3)CC2)cc1. The molecule has 0 radical (unpaired) electrons. The Hall–Kier alpha value is -0.600. The highest BCUT2D eigenvalue weighted by atomic mass is 32.2. The van der Waals surface area contributed by atoms with Crippen molar-refractivity contribution in [3.05, 3.63) is 29.8 Å². The van der Waals surface area contributed by atoms with Crippen LogP contribution in [0.1, 0.15) is 31.2 Å². The Kier molecular flexibility index (Phi) is 6.79. The minimum Gasteiger partial charge on any atom is -0.296 e. The van der Waals surface area contributed by atoms with Gasteiger partial charge in [0.25, 0.3) is 10.2 Å². The van der Waals surface area contributed by atoms with Gasteiger partial charge >= 0.3 is 0 Å². The Morgan fingerprint density at radius 3 is 1.96 bits per heavy atom. The van der Waals surface area contributed by atoms with E-state index in [-0.39, 0.29) is 0 Å². The van der Waals surface area contributed by atoms with Gasteiger partial charge in [-0.2, -0.15) is 17.0 Å². The third-order valence-corrected chi connectivity index (χ3v) is 7.89. The maximum atomic E-state index is 12.9. The molecule has 2 aliphatic heterocycles. The summed E-state index contributed by atoms with van der Waals surface area (Å²) in [5.74, 6) is 0. The molecule has 1 aromatic rings. The molecule has 2 heterocycles. The lowest BCUT2D eigenvalue weighted by Crippen LogP contribution is -2.52. The lowest BCUT2D eigenvalue weighted by atomic mass is 10.2. The first-order valence-corrected chi connectivity index (χ1v) is 11.8. The molecule has 0 spiro atoms. The fraction of sp³-hybridized carbons (Fsp3) is 0.667. The predicted octanol–water partition coefficient (Wildman–Crippen LogP) is 2.65. The molecule has 7 heteroatoms. The van der Waals surface area contributed by atoms with Crippen LogP contribution >= 0.6 is 11.8 Å². The van der Waals surface area contributed by atoms with E-state index in [1.807, 2.05) is 0 Å². The number of hydrogen-bond donors (Lipinski definition) is 0. The maximum Gasteiger partial charge on any atom is 0.282 e. The number of piperazine rings is 1. The Morgan fingerprint density at radius 1 is 0.840 bits per heavy atom. The van der Waals surface area contributed by atoms with Gasteiger partial charge in [0.2, 0.25) is 0 Å². The van der Waals surface area contributed by atoms with Crippen LogP contribution in [0.2, 0.25) is 0 Å². The van der Waals surface area contributed by atoms with Gasteiger partial charge in [0.1, 0.15) is 0 Å². The third-order valence-electron chi connectivity index (χ3n) is 5.11. The molecule has 0 saturated carbocycles. The third kappa shape index (κ3) is 4.98. The van der Waals surface area contributed by atoms with E-state index < -0.39 is 10.2 Å². The summed E-state index contributed by atoms with van der Waals surface area (Å²) in [6.07, 6.45) is 6.36. The zero-order chi connectivity index (χ0) is 17.7. The molecule has 2 aliphatic rings. The molecule has 0 atom stereocenters. The van der Waals surface area contributed by atoms with Crippen LogP contribution in [0.3, 0.4) is 0 Å². The molecule has 1 aromatic carbocycles. The summed E-state index contributed by atoms with van der Waals surface area (Å²) in [6.45, 7) is 5.07. The van der Waals surface area contributed by atoms with Crippen LogP contribution in [-0.4, -0.2) is 67.5 Å². The van der Waals surface area contributed by atoms with Crippen LogP contribution in [0.15, 0.2) is 29.2 Å². The average molecular weight is 384 g/mol. The Bertz CT molecular complexity index is 633. The minimum atomic E-state index is -3.28. The molecule has 3 rings (SSSR count). The minimum absolute atomic E-state index is 0.599. The standard InChI is InChI=1S/C18H29N3O2S2/c1-24-18-8-6-17(7-9-18)16-19-12-14-21(15-13-19)25(22,23)20-10-4-2-3-5-11-20/h6-9H,2-5,10-16H2,1H3. The average Bonchev–Trinajstić information content (AvgIpc) is 2.93. The van der Waals surface area contributed by atoms with Gasteiger partial charge in [-0.25, -0.2) is 0 Å². The highest BCUT2D eigenvalue weighted by molar-refractivity contribution is 7.98. The summed E-state index contributed by atoms with van der Waals surface area (Å²) >= 11 is 1.75. The van der Waals surface area contributed by atoms with Crippen molar-refractivity contribution in [3.63, 3.8) is 0 Å². The topological polar surface area (TPSA) is 43.9 Å². The van der Waals surface area contributed by atoms with E-state index in [9.17, 15) is 8.42 Å². The molecule has 0 amide bonds. The summed E-state index contributed by atoms with van der Waals surface area (Å²) in [5, 5.41) is 0. The number of hydrogen-bond acceptors (Lipinski definition) is 4. The van der Waals surface area contributed by atoms with Crippen LogP contribution < -0.4 is 0 Å². The van der Waals surface area contributed by atoms with E-state index in [1.54, 1.807) is 20.4 Å². The van der Waals surface area contributed by atoms with Crippen molar-refractivity contribution in [2.24, 2.45) is 0 Å². The molecule has 2 fully saturated rings. The zero-order valence-corrected chi connectivity index (χ0v) is 16.7. The van der Waals surface area contributed by atoms with Crippen molar-refractivity contribution >= 4 is 22.0 Å². The molecule has 25 heavy (non-hydrogen) atoms. The van der Waals surface area contributed by atoms with Crippen LogP contribution in [0.4, 0.5) is 0 Å². The number of nitrogens with zero attached hydrogens (tertiary/aromatic N) is 3. The molecule has 140 valence electrons. The van der Waals surface area contributed by atoms with E-state index in [4.69, 9.17) is 0 Å². The fourth-order valence-electron chi connectivity index (χ4n) is 3.54. The quantitative estimate of drug-likeness (QED) is 0.733. The lowest BCUT2D eigenvalue weighted by molar-refractivity contribution is 0.175. The molecular weight excluding hydrogens is 354 g/mol. The van der Waals surface area contributed by atoms with Crippen LogP contribution in [0.5, 0.6) is 0 Å². The molecular formula is C18H29N3O2S2. The lowest BCUT2D eigenvalue weighted by Gasteiger charge is -2.36. The number of thioether (sulfide) groups is 1. The van der Waals surface area contributed by atoms with Gasteiger partial charge < -0.3 is 0 Å². The summed E-state index contributed by atoms with van der Waals surface area (Å²) in [6, 6.07) is 8.65. The second-order valence-corrected chi connectivity index (χ2v) is 9.65. The first kappa shape index (κ1) is 19.2. The van der Waals surface area contributed by atoms with Gasteiger partial charge in [-0.1, -0.05) is 25.0 Å². The van der Waals surface area contributed by atoms with Crippen molar-refractivity contribution in [1.29, 1.82) is 0 Å². The Morgan fingerprint density at radius 2 is 1.40 bits per heavy atom. The highest BCUT2D eigenvalue weighted by Crippen LogP contribution is 2.19. The second kappa shape index (κ2) is 8.86. The molecule has 0 aromatic heterocycles. The van der Waals surface area contributed by atoms with Crippen LogP contribution in [0.25, 0.3) is 0 Å². The Labute approximate surface area is 156 Å². The normalized spacial score (nSPS) is 22.0. The molecule has 0 bridgehead atoms. The molecule has 5 nitrogen and oxygen atoms in total. The fourth-order valence-corrected chi connectivity index (χ4v) is 5.62. The van der Waals surface area contributed by atoms with E-state index in [0.29, 0.717) is 26.2 Å². The zero-order valence-electron chi connectivity index (χ0n) is 15.1. The van der Waals surface area contributed by atoms with Crippen molar-refractivity contribution < 1.29 is 8.42 Å². The van der Waals surface area contributed by atoms with Crippen LogP contribution in [0, 0.1) is 0 Å². The van der Waals surface area contributed by atoms with Crippen molar-refractivity contribution in [3.8, 4) is 0 Å². The summed E-state index contributed by atoms with van der Waals surface area (Å²) in [5.41, 5.74) is 1.29. The smallest absolute Gasteiger partial charge is 0.282 e. The van der Waals surface area contributed by atoms with E-state index in [2.05, 4.69) is 35.4 Å². The van der Waals surface area contributed by atoms with Gasteiger partial charge in [-0.3, -0.25) is 4.90 Å². The maximum absolute atomic E-state index is 12.9. The molecule has 0 aliphatic carbocycles. The van der Waals surface area contributed by atoms with E-state index in [1.165, 1.54) is 10.5 Å². The van der Waals surface area contributed by atoms with Crippen molar-refractivity contribution in [2.75, 3.05) is 45.5 Å². The molecule has 2 saturated heterocycles. The first-order chi connectivity index (χ1) is 12.1. The number of rotatable bonds is 5. The highest BCUT2D eigenvalue weighted by Gasteiger charge is 2.32. The summed E-state index contributed by atoms with van der Waals surface area (Å²) in [7, 11) is -3.28. The molecule has 0 N–H and O–H groups in total. The van der Waals surface area contributed by atoms with Gasteiger partial charge in [0.05, 0.1) is 0 Å². The van der Waals surface area contributed by atoms with Gasteiger partial charge in [0.15, 0.2) is 0 Å². The van der Waals surface area contributed by atoms with Crippen molar-refractivity contribution in [1.82, 2.24) is 13.5 Å². The van der Waals surface area contributed by atoms with Gasteiger partial charge in [-0.15, -0.1) is 11.8 Å². The summed E-state index contributed by atoms with van der Waals surface area (Å²) in [4.78, 5) is 3.62. The molecule has 0 unspecified atom stereocenters. The van der Waals surface area contributed by atoms with Crippen molar-refractivity contribution in [2.45, 2.75) is 37.1 Å². The van der Waals surface area contributed by atoms with Gasteiger partial charge in [0, 0.05) is 50.7 Å². The summed E-state index contributed by atoms with van der Waals surface area (Å²) < 4.78 is 29.1. The van der Waals surface area contributed by atoms with E-state index in [0.717, 1.165) is 45.3 Å². The predicted molar refractivity (Wildman–Crippen MR) is 104 cm³/mol.